The third-order valence-corrected chi connectivity index (χ3v) is 3.20. The van der Waals surface area contributed by atoms with Crippen LogP contribution in [0.1, 0.15) is 20.3 Å². The summed E-state index contributed by atoms with van der Waals surface area (Å²) in [5.74, 6) is 0.526. The number of aromatic nitrogens is 1. The Morgan fingerprint density at radius 3 is 2.85 bits per heavy atom. The van der Waals surface area contributed by atoms with Crippen LogP contribution in [0.3, 0.4) is 0 Å². The lowest BCUT2D eigenvalue weighted by atomic mass is 10.1. The van der Waals surface area contributed by atoms with Crippen molar-refractivity contribution in [2.24, 2.45) is 5.92 Å². The molecule has 0 spiro atoms. The second-order valence-corrected chi connectivity index (χ2v) is 5.32. The van der Waals surface area contributed by atoms with Crippen LogP contribution in [-0.4, -0.2) is 18.1 Å². The Balaban J connectivity index is 2.47. The maximum absolute atomic E-state index is 8.84. The zero-order valence-electron chi connectivity index (χ0n) is 12.0. The Hall–Kier alpha value is -2.28. The van der Waals surface area contributed by atoms with E-state index in [9.17, 15) is 0 Å². The van der Waals surface area contributed by atoms with E-state index in [1.165, 1.54) is 0 Å². The van der Waals surface area contributed by atoms with Crippen molar-refractivity contribution in [3.05, 3.63) is 30.5 Å². The third kappa shape index (κ3) is 3.00. The Morgan fingerprint density at radius 1 is 1.35 bits per heavy atom. The molecule has 2 N–H and O–H groups in total. The molecule has 0 aliphatic rings. The number of benzene rings is 1. The van der Waals surface area contributed by atoms with E-state index in [0.29, 0.717) is 18.0 Å². The molecule has 2 aromatic rings. The van der Waals surface area contributed by atoms with Gasteiger partial charge < -0.3 is 10.6 Å². The molecule has 20 heavy (non-hydrogen) atoms. The number of nitrogen functional groups attached to an aromatic ring is 1. The largest absolute Gasteiger partial charge is 0.397 e. The highest BCUT2D eigenvalue weighted by atomic mass is 15.1. The van der Waals surface area contributed by atoms with Crippen molar-refractivity contribution >= 4 is 22.3 Å². The fourth-order valence-corrected chi connectivity index (χ4v) is 2.40. The predicted molar refractivity (Wildman–Crippen MR) is 83.4 cm³/mol. The van der Waals surface area contributed by atoms with Crippen LogP contribution in [0.4, 0.5) is 11.4 Å². The summed E-state index contributed by atoms with van der Waals surface area (Å²) >= 11 is 0. The van der Waals surface area contributed by atoms with E-state index in [4.69, 9.17) is 11.0 Å². The summed E-state index contributed by atoms with van der Waals surface area (Å²) in [7, 11) is 0. The lowest BCUT2D eigenvalue weighted by molar-refractivity contribution is 0.613. The molecule has 0 aliphatic heterocycles. The number of fused-ring (bicyclic) bond motifs is 1. The van der Waals surface area contributed by atoms with Crippen molar-refractivity contribution in [3.63, 3.8) is 0 Å². The Morgan fingerprint density at radius 2 is 2.15 bits per heavy atom. The SMILES string of the molecule is CC(C)CN(CCC#N)c1ccnc2c(N)cccc12. The molecule has 0 atom stereocenters. The number of nitriles is 1. The molecule has 0 bridgehead atoms. The van der Waals surface area contributed by atoms with Crippen LogP contribution in [-0.2, 0) is 0 Å². The van der Waals surface area contributed by atoms with Crippen molar-refractivity contribution in [1.29, 1.82) is 5.26 Å². The lowest BCUT2D eigenvalue weighted by Gasteiger charge is -2.27. The number of hydrogen-bond acceptors (Lipinski definition) is 4. The molecule has 0 fully saturated rings. The molecule has 104 valence electrons. The molecule has 0 aliphatic carbocycles. The standard InChI is InChI=1S/C16H20N4/c1-12(2)11-20(10-4-8-17)15-7-9-19-16-13(15)5-3-6-14(16)18/h3,5-7,9,12H,4,10-11,18H2,1-2H3. The Bertz CT molecular complexity index is 628. The van der Waals surface area contributed by atoms with Crippen LogP contribution in [0.25, 0.3) is 10.9 Å². The molecule has 0 saturated carbocycles. The fourth-order valence-electron chi connectivity index (χ4n) is 2.40. The monoisotopic (exact) mass is 268 g/mol. The van der Waals surface area contributed by atoms with Crippen molar-refractivity contribution in [3.8, 4) is 6.07 Å². The molecule has 0 unspecified atom stereocenters. The predicted octanol–water partition coefficient (Wildman–Crippen LogP) is 3.19. The summed E-state index contributed by atoms with van der Waals surface area (Å²) in [5.41, 5.74) is 8.61. The molecular weight excluding hydrogens is 248 g/mol. The second kappa shape index (κ2) is 6.25. The van der Waals surface area contributed by atoms with Crippen LogP contribution in [0, 0.1) is 17.2 Å². The molecule has 0 saturated heterocycles. The van der Waals surface area contributed by atoms with Gasteiger partial charge in [-0.05, 0) is 18.1 Å². The summed E-state index contributed by atoms with van der Waals surface area (Å²) in [6.07, 6.45) is 2.30. The highest BCUT2D eigenvalue weighted by Crippen LogP contribution is 2.29. The van der Waals surface area contributed by atoms with E-state index in [1.54, 1.807) is 6.20 Å². The van der Waals surface area contributed by atoms with Gasteiger partial charge in [-0.15, -0.1) is 0 Å². The highest BCUT2D eigenvalue weighted by molar-refractivity contribution is 5.98. The molecule has 2 rings (SSSR count). The first-order chi connectivity index (χ1) is 9.63. The normalized spacial score (nSPS) is 10.7. The maximum atomic E-state index is 8.84. The average molecular weight is 268 g/mol. The van der Waals surface area contributed by atoms with E-state index < -0.39 is 0 Å². The quantitative estimate of drug-likeness (QED) is 0.846. The van der Waals surface area contributed by atoms with Gasteiger partial charge in [0.05, 0.1) is 23.7 Å². The van der Waals surface area contributed by atoms with Gasteiger partial charge in [0.2, 0.25) is 0 Å². The Labute approximate surface area is 119 Å². The Kier molecular flexibility index (Phi) is 4.41. The molecular formula is C16H20N4. The van der Waals surface area contributed by atoms with Gasteiger partial charge in [0.25, 0.3) is 0 Å². The smallest absolute Gasteiger partial charge is 0.0951 e. The number of nitrogens with zero attached hydrogens (tertiary/aromatic N) is 3. The summed E-state index contributed by atoms with van der Waals surface area (Å²) in [6.45, 7) is 5.99. The lowest BCUT2D eigenvalue weighted by Crippen LogP contribution is -2.28. The van der Waals surface area contributed by atoms with Crippen molar-refractivity contribution in [2.75, 3.05) is 23.7 Å². The van der Waals surface area contributed by atoms with Crippen LogP contribution >= 0.6 is 0 Å². The van der Waals surface area contributed by atoms with Gasteiger partial charge in [0, 0.05) is 30.4 Å². The van der Waals surface area contributed by atoms with E-state index in [-0.39, 0.29) is 0 Å². The van der Waals surface area contributed by atoms with Crippen molar-refractivity contribution in [1.82, 2.24) is 4.98 Å². The first-order valence-electron chi connectivity index (χ1n) is 6.88. The van der Waals surface area contributed by atoms with Gasteiger partial charge in [-0.3, -0.25) is 4.98 Å². The molecule has 0 radical (unpaired) electrons. The molecule has 1 aromatic heterocycles. The van der Waals surface area contributed by atoms with E-state index in [1.807, 2.05) is 24.3 Å². The molecule has 1 aromatic carbocycles. The first-order valence-corrected chi connectivity index (χ1v) is 6.88. The summed E-state index contributed by atoms with van der Waals surface area (Å²) in [5, 5.41) is 9.89. The fraction of sp³-hybridized carbons (Fsp3) is 0.375. The maximum Gasteiger partial charge on any atom is 0.0951 e. The molecule has 1 heterocycles. The van der Waals surface area contributed by atoms with Crippen molar-refractivity contribution in [2.45, 2.75) is 20.3 Å². The number of anilines is 2. The van der Waals surface area contributed by atoms with Crippen LogP contribution < -0.4 is 10.6 Å². The minimum absolute atomic E-state index is 0.513. The van der Waals surface area contributed by atoms with Crippen molar-refractivity contribution < 1.29 is 0 Å². The molecule has 0 amide bonds. The minimum Gasteiger partial charge on any atom is -0.397 e. The number of hydrogen-bond donors (Lipinski definition) is 1. The average Bonchev–Trinajstić information content (AvgIpc) is 2.43. The number of nitrogens with two attached hydrogens (primary N) is 1. The summed E-state index contributed by atoms with van der Waals surface area (Å²) in [6, 6.07) is 10.1. The van der Waals surface area contributed by atoms with Gasteiger partial charge in [-0.25, -0.2) is 0 Å². The summed E-state index contributed by atoms with van der Waals surface area (Å²) in [4.78, 5) is 6.61. The zero-order valence-corrected chi connectivity index (χ0v) is 12.0. The van der Waals surface area contributed by atoms with Gasteiger partial charge in [-0.1, -0.05) is 26.0 Å². The van der Waals surface area contributed by atoms with Gasteiger partial charge >= 0.3 is 0 Å². The minimum atomic E-state index is 0.513. The van der Waals surface area contributed by atoms with Crippen LogP contribution in [0.5, 0.6) is 0 Å². The first kappa shape index (κ1) is 14.1. The van der Waals surface area contributed by atoms with Gasteiger partial charge in [0.15, 0.2) is 0 Å². The van der Waals surface area contributed by atoms with Gasteiger partial charge in [0.1, 0.15) is 0 Å². The highest BCUT2D eigenvalue weighted by Gasteiger charge is 2.12. The van der Waals surface area contributed by atoms with E-state index in [2.05, 4.69) is 29.8 Å². The number of rotatable bonds is 5. The molecule has 4 heteroatoms. The van der Waals surface area contributed by atoms with E-state index >= 15 is 0 Å². The zero-order chi connectivity index (χ0) is 14.5. The number of pyridine rings is 1. The molecule has 4 nitrogen and oxygen atoms in total. The third-order valence-electron chi connectivity index (χ3n) is 3.20. The van der Waals surface area contributed by atoms with Crippen LogP contribution in [0.15, 0.2) is 30.5 Å². The topological polar surface area (TPSA) is 65.9 Å². The van der Waals surface area contributed by atoms with Gasteiger partial charge in [-0.2, -0.15) is 5.26 Å². The van der Waals surface area contributed by atoms with Crippen LogP contribution in [0.2, 0.25) is 0 Å². The van der Waals surface area contributed by atoms with E-state index in [0.717, 1.165) is 29.7 Å². The second-order valence-electron chi connectivity index (χ2n) is 5.32. The summed E-state index contributed by atoms with van der Waals surface area (Å²) < 4.78 is 0. The number of para-hydroxylation sites is 1.